The molecule has 5 aromatic carbocycles. The van der Waals surface area contributed by atoms with E-state index < -0.39 is 23.5 Å². The largest absolute Gasteiger partial charge is 0.416 e. The molecular weight excluding hydrogens is 476 g/mol. The van der Waals surface area contributed by atoms with Crippen molar-refractivity contribution in [3.05, 3.63) is 102 Å². The summed E-state index contributed by atoms with van der Waals surface area (Å²) < 4.78 is 79.6. The molecule has 0 N–H and O–H groups in total. The molecule has 1 heterocycles. The van der Waals surface area contributed by atoms with Crippen molar-refractivity contribution in [1.29, 1.82) is 0 Å². The monoisotopic (exact) mass is 491 g/mol. The predicted octanol–water partition coefficient (Wildman–Crippen LogP) is 9.35. The molecule has 0 saturated carbocycles. The van der Waals surface area contributed by atoms with Crippen LogP contribution in [0.3, 0.4) is 0 Å². The van der Waals surface area contributed by atoms with Gasteiger partial charge in [-0.3, -0.25) is 4.98 Å². The molecule has 0 amide bonds. The number of rotatable bonds is 2. The Bertz CT molecular complexity index is 1700. The van der Waals surface area contributed by atoms with Crippen LogP contribution in [0.5, 0.6) is 0 Å². The maximum absolute atomic E-state index is 13.3. The summed E-state index contributed by atoms with van der Waals surface area (Å²) in [4.78, 5) is 4.25. The van der Waals surface area contributed by atoms with Gasteiger partial charge in [-0.15, -0.1) is 0 Å². The Morgan fingerprint density at radius 2 is 1.11 bits per heavy atom. The zero-order chi connectivity index (χ0) is 25.2. The smallest absolute Gasteiger partial charge is 0.256 e. The van der Waals surface area contributed by atoms with Crippen LogP contribution in [0.25, 0.3) is 54.7 Å². The lowest BCUT2D eigenvalue weighted by molar-refractivity contribution is -0.143. The highest BCUT2D eigenvalue weighted by atomic mass is 19.4. The number of hydrogen-bond acceptors (Lipinski definition) is 1. The molecule has 6 aromatic rings. The Kier molecular flexibility index (Phi) is 4.77. The summed E-state index contributed by atoms with van der Waals surface area (Å²) in [5.41, 5.74) is -1.39. The van der Waals surface area contributed by atoms with Gasteiger partial charge in [0.05, 0.1) is 16.8 Å². The van der Waals surface area contributed by atoms with Crippen molar-refractivity contribution in [1.82, 2.24) is 4.98 Å². The fraction of sp³-hybridized carbons (Fsp3) is 0.0690. The molecule has 36 heavy (non-hydrogen) atoms. The Labute approximate surface area is 201 Å². The van der Waals surface area contributed by atoms with E-state index in [-0.39, 0.29) is 17.3 Å². The summed E-state index contributed by atoms with van der Waals surface area (Å²) in [5, 5.41) is 6.53. The average Bonchev–Trinajstić information content (AvgIpc) is 2.86. The average molecular weight is 491 g/mol. The second-order valence-electron chi connectivity index (χ2n) is 8.70. The Balaban J connectivity index is 1.48. The first kappa shape index (κ1) is 22.3. The molecule has 0 saturated heterocycles. The highest BCUT2D eigenvalue weighted by molar-refractivity contribution is 6.25. The van der Waals surface area contributed by atoms with Gasteiger partial charge in [0, 0.05) is 17.3 Å². The van der Waals surface area contributed by atoms with E-state index >= 15 is 0 Å². The van der Waals surface area contributed by atoms with Gasteiger partial charge in [0.15, 0.2) is 0 Å². The quantitative estimate of drug-likeness (QED) is 0.174. The van der Waals surface area contributed by atoms with Crippen LogP contribution >= 0.6 is 0 Å². The minimum atomic E-state index is -4.92. The highest BCUT2D eigenvalue weighted by Crippen LogP contribution is 2.41. The predicted molar refractivity (Wildman–Crippen MR) is 129 cm³/mol. The highest BCUT2D eigenvalue weighted by Gasteiger charge is 2.37. The number of pyridine rings is 1. The fourth-order valence-electron chi connectivity index (χ4n) is 4.81. The van der Waals surface area contributed by atoms with Crippen LogP contribution in [-0.2, 0) is 12.4 Å². The lowest BCUT2D eigenvalue weighted by atomic mass is 9.90. The molecule has 7 heteroatoms. The third-order valence-corrected chi connectivity index (χ3v) is 6.49. The minimum absolute atomic E-state index is 0.0214. The Hall–Kier alpha value is -4.13. The van der Waals surface area contributed by atoms with Crippen LogP contribution in [0.1, 0.15) is 11.1 Å². The summed E-state index contributed by atoms with van der Waals surface area (Å²) >= 11 is 0. The van der Waals surface area contributed by atoms with E-state index in [4.69, 9.17) is 0 Å². The Morgan fingerprint density at radius 3 is 1.69 bits per heavy atom. The molecule has 1 aromatic heterocycles. The van der Waals surface area contributed by atoms with Crippen molar-refractivity contribution in [2.45, 2.75) is 12.4 Å². The van der Waals surface area contributed by atoms with Gasteiger partial charge in [0.25, 0.3) is 0 Å². The number of halogens is 6. The number of alkyl halides is 6. The van der Waals surface area contributed by atoms with Gasteiger partial charge in [0.2, 0.25) is 0 Å². The molecule has 0 radical (unpaired) electrons. The zero-order valence-corrected chi connectivity index (χ0v) is 18.4. The van der Waals surface area contributed by atoms with E-state index in [2.05, 4.69) is 29.2 Å². The normalized spacial score (nSPS) is 12.7. The molecule has 0 spiro atoms. The van der Waals surface area contributed by atoms with Crippen molar-refractivity contribution in [3.8, 4) is 22.4 Å². The van der Waals surface area contributed by atoms with Gasteiger partial charge >= 0.3 is 12.4 Å². The van der Waals surface area contributed by atoms with Crippen molar-refractivity contribution in [3.63, 3.8) is 0 Å². The maximum atomic E-state index is 13.3. The lowest BCUT2D eigenvalue weighted by Gasteiger charge is -2.15. The third kappa shape index (κ3) is 3.63. The van der Waals surface area contributed by atoms with Crippen LogP contribution < -0.4 is 0 Å². The topological polar surface area (TPSA) is 12.9 Å². The zero-order valence-electron chi connectivity index (χ0n) is 18.4. The maximum Gasteiger partial charge on any atom is 0.416 e. The van der Waals surface area contributed by atoms with Crippen LogP contribution in [0.2, 0.25) is 0 Å². The molecule has 0 bridgehead atoms. The van der Waals surface area contributed by atoms with Crippen LogP contribution in [0, 0.1) is 0 Å². The van der Waals surface area contributed by atoms with Gasteiger partial charge in [0.1, 0.15) is 0 Å². The molecule has 178 valence electrons. The second-order valence-corrected chi connectivity index (χ2v) is 8.70. The van der Waals surface area contributed by atoms with Gasteiger partial charge in [-0.2, -0.15) is 26.3 Å². The molecule has 6 rings (SSSR count). The van der Waals surface area contributed by atoms with Crippen molar-refractivity contribution in [2.75, 3.05) is 0 Å². The second kappa shape index (κ2) is 7.68. The van der Waals surface area contributed by atoms with Gasteiger partial charge in [-0.25, -0.2) is 0 Å². The molecule has 1 nitrogen and oxygen atoms in total. The standard InChI is InChI=1S/C29H15F6N/c30-28(31,32)21-12-20(13-22(14-21)29(33,34)35)25-11-8-19(15-36-25)23-9-6-18-5-4-16-2-1-3-17-7-10-24(23)27(18)26(16)17/h1-15H. The van der Waals surface area contributed by atoms with Crippen LogP contribution in [-0.4, -0.2) is 4.98 Å². The van der Waals surface area contributed by atoms with E-state index in [1.807, 2.05) is 30.3 Å². The van der Waals surface area contributed by atoms with Crippen molar-refractivity contribution >= 4 is 32.3 Å². The minimum Gasteiger partial charge on any atom is -0.256 e. The summed E-state index contributed by atoms with van der Waals surface area (Å²) in [6.07, 6.45) is -8.36. The van der Waals surface area contributed by atoms with Gasteiger partial charge in [-0.1, -0.05) is 60.7 Å². The number of hydrogen-bond donors (Lipinski definition) is 0. The molecule has 0 aliphatic carbocycles. The van der Waals surface area contributed by atoms with Gasteiger partial charge in [-0.05, 0) is 62.1 Å². The molecular formula is C29H15F6N. The van der Waals surface area contributed by atoms with Crippen molar-refractivity contribution in [2.24, 2.45) is 0 Å². The number of benzene rings is 5. The third-order valence-electron chi connectivity index (χ3n) is 6.49. The van der Waals surface area contributed by atoms with E-state index in [1.54, 1.807) is 6.07 Å². The van der Waals surface area contributed by atoms with Crippen LogP contribution in [0.4, 0.5) is 26.3 Å². The first-order chi connectivity index (χ1) is 17.1. The summed E-state index contributed by atoms with van der Waals surface area (Å²) in [6.45, 7) is 0. The van der Waals surface area contributed by atoms with E-state index in [0.29, 0.717) is 17.7 Å². The lowest BCUT2D eigenvalue weighted by Crippen LogP contribution is -2.11. The molecule has 0 unspecified atom stereocenters. The summed E-state index contributed by atoms with van der Waals surface area (Å²) in [6, 6.07) is 22.9. The molecule has 0 atom stereocenters. The van der Waals surface area contributed by atoms with Gasteiger partial charge < -0.3 is 0 Å². The first-order valence-electron chi connectivity index (χ1n) is 11.0. The summed E-state index contributed by atoms with van der Waals surface area (Å²) in [7, 11) is 0. The number of aromatic nitrogens is 1. The Morgan fingerprint density at radius 1 is 0.528 bits per heavy atom. The van der Waals surface area contributed by atoms with E-state index in [9.17, 15) is 26.3 Å². The molecule has 0 fully saturated rings. The fourth-order valence-corrected chi connectivity index (χ4v) is 4.81. The van der Waals surface area contributed by atoms with Crippen molar-refractivity contribution < 1.29 is 26.3 Å². The summed E-state index contributed by atoms with van der Waals surface area (Å²) in [5.74, 6) is 0. The van der Waals surface area contributed by atoms with Crippen LogP contribution in [0.15, 0.2) is 91.1 Å². The molecule has 0 aliphatic heterocycles. The van der Waals surface area contributed by atoms with E-state index in [0.717, 1.165) is 37.9 Å². The molecule has 0 aliphatic rings. The number of nitrogens with zero attached hydrogens (tertiary/aromatic N) is 1. The first-order valence-corrected chi connectivity index (χ1v) is 11.0. The van der Waals surface area contributed by atoms with E-state index in [1.165, 1.54) is 12.3 Å². The SMILES string of the molecule is FC(F)(F)c1cc(-c2ccc(-c3ccc4ccc5cccc6ccc3c4c56)cn2)cc(C(F)(F)F)c1.